The number of carbonyl (C=O) groups excluding carboxylic acids is 2. The number of nitrogens with one attached hydrogen (secondary N) is 1. The Labute approximate surface area is 173 Å². The molecule has 156 valence electrons. The minimum Gasteiger partial charge on any atom is -0.319 e. The third kappa shape index (κ3) is 4.13. The van der Waals surface area contributed by atoms with Crippen LogP contribution in [0.2, 0.25) is 0 Å². The lowest BCUT2D eigenvalue weighted by atomic mass is 10.1. The lowest BCUT2D eigenvalue weighted by molar-refractivity contribution is -0.142. The number of alkyl halides is 3. The van der Waals surface area contributed by atoms with Crippen LogP contribution in [0.5, 0.6) is 0 Å². The molecule has 0 unspecified atom stereocenters. The van der Waals surface area contributed by atoms with Gasteiger partial charge in [-0.1, -0.05) is 30.3 Å². The number of fused-ring (bicyclic) bond motifs is 1. The SMILES string of the molecule is CC(=O)c1ccc(NC(=O)c2nc3nc(-c4ccccc4)cc(C(F)(F)F)n3n2)cc1. The van der Waals surface area contributed by atoms with Gasteiger partial charge in [-0.3, -0.25) is 9.59 Å². The van der Waals surface area contributed by atoms with Gasteiger partial charge in [-0.2, -0.15) is 22.7 Å². The number of Topliss-reactive ketones (excluding diaryl/α,β-unsaturated/α-hetero) is 1. The van der Waals surface area contributed by atoms with Crippen molar-refractivity contribution in [1.29, 1.82) is 0 Å². The second kappa shape index (κ2) is 7.63. The summed E-state index contributed by atoms with van der Waals surface area (Å²) in [6, 6.07) is 15.2. The highest BCUT2D eigenvalue weighted by Crippen LogP contribution is 2.31. The predicted molar refractivity (Wildman–Crippen MR) is 106 cm³/mol. The molecule has 2 aromatic heterocycles. The summed E-state index contributed by atoms with van der Waals surface area (Å²) in [5.41, 5.74) is 0.211. The smallest absolute Gasteiger partial charge is 0.319 e. The molecule has 1 amide bonds. The van der Waals surface area contributed by atoms with Crippen LogP contribution in [0.1, 0.15) is 33.6 Å². The molecule has 10 heteroatoms. The number of hydrogen-bond donors (Lipinski definition) is 1. The van der Waals surface area contributed by atoms with Crippen molar-refractivity contribution in [1.82, 2.24) is 19.6 Å². The van der Waals surface area contributed by atoms with E-state index in [4.69, 9.17) is 0 Å². The van der Waals surface area contributed by atoms with E-state index in [0.29, 0.717) is 21.3 Å². The number of amides is 1. The number of halogens is 3. The zero-order chi connectivity index (χ0) is 22.2. The van der Waals surface area contributed by atoms with Crippen LogP contribution in [0.25, 0.3) is 17.0 Å². The Bertz CT molecular complexity index is 1280. The van der Waals surface area contributed by atoms with Crippen LogP contribution in [0.15, 0.2) is 60.7 Å². The van der Waals surface area contributed by atoms with E-state index < -0.39 is 23.6 Å². The summed E-state index contributed by atoms with van der Waals surface area (Å²) in [5, 5.41) is 6.20. The Morgan fingerprint density at radius 3 is 2.26 bits per heavy atom. The predicted octanol–water partition coefficient (Wildman–Crippen LogP) is 4.27. The van der Waals surface area contributed by atoms with Crippen molar-refractivity contribution in [2.45, 2.75) is 13.1 Å². The number of nitrogens with zero attached hydrogens (tertiary/aromatic N) is 4. The molecule has 4 aromatic rings. The van der Waals surface area contributed by atoms with E-state index >= 15 is 0 Å². The fourth-order valence-electron chi connectivity index (χ4n) is 2.90. The number of benzene rings is 2. The highest BCUT2D eigenvalue weighted by molar-refractivity contribution is 6.02. The van der Waals surface area contributed by atoms with Crippen molar-refractivity contribution in [3.05, 3.63) is 77.7 Å². The molecule has 0 aliphatic heterocycles. The first-order chi connectivity index (χ1) is 14.7. The minimum absolute atomic E-state index is 0.0552. The Kier molecular flexibility index (Phi) is 4.97. The van der Waals surface area contributed by atoms with Crippen LogP contribution >= 0.6 is 0 Å². The first-order valence-corrected chi connectivity index (χ1v) is 9.05. The fraction of sp³-hybridized carbons (Fsp3) is 0.0952. The van der Waals surface area contributed by atoms with Gasteiger partial charge < -0.3 is 5.32 Å². The zero-order valence-electron chi connectivity index (χ0n) is 16.0. The number of rotatable bonds is 4. The van der Waals surface area contributed by atoms with Crippen LogP contribution in [0, 0.1) is 0 Å². The van der Waals surface area contributed by atoms with Crippen LogP contribution in [-0.2, 0) is 6.18 Å². The molecule has 0 saturated carbocycles. The van der Waals surface area contributed by atoms with Gasteiger partial charge in [-0.25, -0.2) is 4.98 Å². The number of carbonyl (C=O) groups is 2. The molecule has 0 aliphatic rings. The maximum atomic E-state index is 13.6. The third-order valence-electron chi connectivity index (χ3n) is 4.42. The van der Waals surface area contributed by atoms with E-state index in [9.17, 15) is 22.8 Å². The normalized spacial score (nSPS) is 11.5. The van der Waals surface area contributed by atoms with Gasteiger partial charge in [-0.15, -0.1) is 5.10 Å². The minimum atomic E-state index is -4.74. The topological polar surface area (TPSA) is 89.2 Å². The first kappa shape index (κ1) is 20.2. The van der Waals surface area contributed by atoms with Gasteiger partial charge in [0.05, 0.1) is 5.69 Å². The molecular formula is C21H14F3N5O2. The van der Waals surface area contributed by atoms with Crippen molar-refractivity contribution in [3.8, 4) is 11.3 Å². The number of hydrogen-bond acceptors (Lipinski definition) is 5. The maximum Gasteiger partial charge on any atom is 0.433 e. The van der Waals surface area contributed by atoms with Gasteiger partial charge in [0, 0.05) is 16.8 Å². The molecule has 0 saturated heterocycles. The summed E-state index contributed by atoms with van der Waals surface area (Å²) in [6.07, 6.45) is -4.74. The van der Waals surface area contributed by atoms with Crippen LogP contribution in [-0.4, -0.2) is 31.3 Å². The second-order valence-electron chi connectivity index (χ2n) is 6.63. The summed E-state index contributed by atoms with van der Waals surface area (Å²) >= 11 is 0. The van der Waals surface area contributed by atoms with Gasteiger partial charge in [-0.05, 0) is 37.3 Å². The summed E-state index contributed by atoms with van der Waals surface area (Å²) in [4.78, 5) is 31.8. The van der Waals surface area contributed by atoms with E-state index in [1.807, 2.05) is 0 Å². The van der Waals surface area contributed by atoms with Crippen molar-refractivity contribution >= 4 is 23.2 Å². The van der Waals surface area contributed by atoms with Crippen molar-refractivity contribution in [2.75, 3.05) is 5.32 Å². The average molecular weight is 425 g/mol. The molecule has 0 aliphatic carbocycles. The summed E-state index contributed by atoms with van der Waals surface area (Å²) in [7, 11) is 0. The van der Waals surface area contributed by atoms with E-state index in [2.05, 4.69) is 20.4 Å². The van der Waals surface area contributed by atoms with Crippen LogP contribution in [0.4, 0.5) is 18.9 Å². The molecule has 0 radical (unpaired) electrons. The van der Waals surface area contributed by atoms with E-state index in [-0.39, 0.29) is 17.3 Å². The molecule has 0 fully saturated rings. The quantitative estimate of drug-likeness (QED) is 0.494. The molecule has 0 spiro atoms. The van der Waals surface area contributed by atoms with Crippen molar-refractivity contribution in [3.63, 3.8) is 0 Å². The van der Waals surface area contributed by atoms with E-state index in [1.165, 1.54) is 31.2 Å². The second-order valence-corrected chi connectivity index (χ2v) is 6.63. The molecule has 2 heterocycles. The third-order valence-corrected chi connectivity index (χ3v) is 4.42. The Morgan fingerprint density at radius 2 is 1.65 bits per heavy atom. The summed E-state index contributed by atoms with van der Waals surface area (Å²) in [6.45, 7) is 1.41. The molecular weight excluding hydrogens is 411 g/mol. The molecule has 7 nitrogen and oxygen atoms in total. The molecule has 31 heavy (non-hydrogen) atoms. The maximum absolute atomic E-state index is 13.6. The Balaban J connectivity index is 1.72. The highest BCUT2D eigenvalue weighted by Gasteiger charge is 2.36. The van der Waals surface area contributed by atoms with Gasteiger partial charge in [0.15, 0.2) is 11.5 Å². The molecule has 1 N–H and O–H groups in total. The number of ketones is 1. The van der Waals surface area contributed by atoms with Gasteiger partial charge in [0.25, 0.3) is 11.7 Å². The lowest BCUT2D eigenvalue weighted by Crippen LogP contribution is -2.16. The Morgan fingerprint density at radius 1 is 0.968 bits per heavy atom. The molecule has 0 bridgehead atoms. The Hall–Kier alpha value is -4.08. The van der Waals surface area contributed by atoms with E-state index in [1.54, 1.807) is 30.3 Å². The van der Waals surface area contributed by atoms with Crippen LogP contribution in [0.3, 0.4) is 0 Å². The van der Waals surface area contributed by atoms with Crippen LogP contribution < -0.4 is 5.32 Å². The standard InChI is InChI=1S/C21H14F3N5O2/c1-12(30)13-7-9-15(10-8-13)25-19(31)18-27-20-26-16(14-5-3-2-4-6-14)11-17(21(22,23)24)29(20)28-18/h2-11H,1H3,(H,25,31). The summed E-state index contributed by atoms with van der Waals surface area (Å²) in [5.74, 6) is -1.78. The fourth-order valence-corrected chi connectivity index (χ4v) is 2.90. The van der Waals surface area contributed by atoms with Gasteiger partial charge >= 0.3 is 6.18 Å². The molecule has 0 atom stereocenters. The zero-order valence-corrected chi connectivity index (χ0v) is 16.0. The number of anilines is 1. The summed E-state index contributed by atoms with van der Waals surface area (Å²) < 4.78 is 41.4. The number of aromatic nitrogens is 4. The van der Waals surface area contributed by atoms with E-state index in [0.717, 1.165) is 6.07 Å². The highest BCUT2D eigenvalue weighted by atomic mass is 19.4. The molecule has 4 rings (SSSR count). The van der Waals surface area contributed by atoms with Crippen molar-refractivity contribution in [2.24, 2.45) is 0 Å². The lowest BCUT2D eigenvalue weighted by Gasteiger charge is -2.10. The molecule has 2 aromatic carbocycles. The first-order valence-electron chi connectivity index (χ1n) is 9.05. The van der Waals surface area contributed by atoms with Crippen molar-refractivity contribution < 1.29 is 22.8 Å². The van der Waals surface area contributed by atoms with Gasteiger partial charge in [0.1, 0.15) is 0 Å². The average Bonchev–Trinajstić information content (AvgIpc) is 3.17. The largest absolute Gasteiger partial charge is 0.433 e. The van der Waals surface area contributed by atoms with Gasteiger partial charge in [0.2, 0.25) is 5.82 Å². The monoisotopic (exact) mass is 425 g/mol.